The van der Waals surface area contributed by atoms with Gasteiger partial charge in [-0.3, -0.25) is 9.78 Å². The Labute approximate surface area is 177 Å². The van der Waals surface area contributed by atoms with Crippen LogP contribution in [0.5, 0.6) is 0 Å². The summed E-state index contributed by atoms with van der Waals surface area (Å²) < 4.78 is 14.9. The van der Waals surface area contributed by atoms with Crippen LogP contribution in [-0.4, -0.2) is 36.0 Å². The van der Waals surface area contributed by atoms with Crippen LogP contribution in [0.3, 0.4) is 0 Å². The summed E-state index contributed by atoms with van der Waals surface area (Å²) in [5.41, 5.74) is 7.56. The van der Waals surface area contributed by atoms with E-state index in [1.165, 1.54) is 6.07 Å². The highest BCUT2D eigenvalue weighted by Crippen LogP contribution is 2.28. The van der Waals surface area contributed by atoms with Crippen molar-refractivity contribution >= 4 is 16.8 Å². The zero-order chi connectivity index (χ0) is 22.2. The molecule has 0 saturated heterocycles. The SMILES string of the molecule is CC[C@@](C)(O)c1cn(Cc2ccc3c(-c4ccc(F)cn4)cc(C(N)=O)nc3c2)nn1. The van der Waals surface area contributed by atoms with E-state index in [0.717, 1.165) is 17.1 Å². The first-order valence-electron chi connectivity index (χ1n) is 9.75. The first kappa shape index (κ1) is 20.5. The van der Waals surface area contributed by atoms with Crippen molar-refractivity contribution in [3.05, 3.63) is 71.6 Å². The molecule has 0 aliphatic heterocycles. The van der Waals surface area contributed by atoms with Crippen LogP contribution in [-0.2, 0) is 12.1 Å². The second-order valence-corrected chi connectivity index (χ2v) is 7.56. The molecule has 1 amide bonds. The number of aliphatic hydroxyl groups is 1. The monoisotopic (exact) mass is 420 g/mol. The first-order valence-corrected chi connectivity index (χ1v) is 9.75. The second-order valence-electron chi connectivity index (χ2n) is 7.56. The van der Waals surface area contributed by atoms with Crippen molar-refractivity contribution in [1.82, 2.24) is 25.0 Å². The number of hydrogen-bond donors (Lipinski definition) is 2. The number of nitrogens with two attached hydrogens (primary N) is 1. The number of aromatic nitrogens is 5. The molecule has 4 rings (SSSR count). The van der Waals surface area contributed by atoms with E-state index in [-0.39, 0.29) is 5.69 Å². The molecule has 0 spiro atoms. The Morgan fingerprint density at radius 2 is 2.06 bits per heavy atom. The van der Waals surface area contributed by atoms with Gasteiger partial charge >= 0.3 is 0 Å². The third kappa shape index (κ3) is 4.13. The molecule has 0 unspecified atom stereocenters. The van der Waals surface area contributed by atoms with Gasteiger partial charge in [0, 0.05) is 10.9 Å². The summed E-state index contributed by atoms with van der Waals surface area (Å²) in [6.45, 7) is 3.96. The van der Waals surface area contributed by atoms with Crippen LogP contribution in [0, 0.1) is 5.82 Å². The van der Waals surface area contributed by atoms with Crippen molar-refractivity contribution in [2.75, 3.05) is 0 Å². The molecule has 4 aromatic rings. The van der Waals surface area contributed by atoms with Crippen molar-refractivity contribution < 1.29 is 14.3 Å². The number of hydrogen-bond acceptors (Lipinski definition) is 6. The van der Waals surface area contributed by atoms with Gasteiger partial charge in [-0.1, -0.05) is 24.3 Å². The molecule has 0 fully saturated rings. The minimum Gasteiger partial charge on any atom is -0.384 e. The van der Waals surface area contributed by atoms with E-state index >= 15 is 0 Å². The fourth-order valence-corrected chi connectivity index (χ4v) is 3.24. The Morgan fingerprint density at radius 1 is 1.26 bits per heavy atom. The summed E-state index contributed by atoms with van der Waals surface area (Å²) in [6.07, 6.45) is 3.34. The lowest BCUT2D eigenvalue weighted by Crippen LogP contribution is -2.20. The number of benzene rings is 1. The highest BCUT2D eigenvalue weighted by molar-refractivity contribution is 6.00. The molecule has 1 atom stereocenters. The molecule has 0 aliphatic carbocycles. The molecule has 3 aromatic heterocycles. The number of halogens is 1. The molecule has 8 nitrogen and oxygen atoms in total. The third-order valence-corrected chi connectivity index (χ3v) is 5.25. The van der Waals surface area contributed by atoms with Crippen LogP contribution in [0.1, 0.15) is 42.0 Å². The second kappa shape index (κ2) is 7.84. The summed E-state index contributed by atoms with van der Waals surface area (Å²) in [7, 11) is 0. The van der Waals surface area contributed by atoms with E-state index in [1.54, 1.807) is 29.9 Å². The van der Waals surface area contributed by atoms with Crippen molar-refractivity contribution in [3.63, 3.8) is 0 Å². The van der Waals surface area contributed by atoms with Gasteiger partial charge in [0.25, 0.3) is 5.91 Å². The normalized spacial score (nSPS) is 13.3. The summed E-state index contributed by atoms with van der Waals surface area (Å²) in [4.78, 5) is 20.3. The lowest BCUT2D eigenvalue weighted by molar-refractivity contribution is 0.0484. The Kier molecular flexibility index (Phi) is 5.20. The molecule has 3 N–H and O–H groups in total. The van der Waals surface area contributed by atoms with Gasteiger partial charge in [-0.25, -0.2) is 14.1 Å². The van der Waals surface area contributed by atoms with Crippen LogP contribution in [0.25, 0.3) is 22.2 Å². The van der Waals surface area contributed by atoms with E-state index in [0.29, 0.717) is 35.4 Å². The molecule has 0 radical (unpaired) electrons. The lowest BCUT2D eigenvalue weighted by atomic mass is 10.0. The van der Waals surface area contributed by atoms with Gasteiger partial charge in [0.15, 0.2) is 0 Å². The molecule has 31 heavy (non-hydrogen) atoms. The van der Waals surface area contributed by atoms with Gasteiger partial charge < -0.3 is 10.8 Å². The number of primary amides is 1. The minimum atomic E-state index is -1.05. The van der Waals surface area contributed by atoms with Crippen LogP contribution in [0.4, 0.5) is 4.39 Å². The molecule has 0 aliphatic rings. The molecule has 3 heterocycles. The predicted octanol–water partition coefficient (Wildman–Crippen LogP) is 2.79. The number of nitrogens with zero attached hydrogens (tertiary/aromatic N) is 5. The maximum Gasteiger partial charge on any atom is 0.267 e. The minimum absolute atomic E-state index is 0.0906. The quantitative estimate of drug-likeness (QED) is 0.495. The molecule has 158 valence electrons. The third-order valence-electron chi connectivity index (χ3n) is 5.25. The van der Waals surface area contributed by atoms with Crippen LogP contribution in [0.2, 0.25) is 0 Å². The Balaban J connectivity index is 1.75. The number of carbonyl (C=O) groups is 1. The van der Waals surface area contributed by atoms with E-state index in [1.807, 2.05) is 25.1 Å². The topological polar surface area (TPSA) is 120 Å². The molecule has 0 bridgehead atoms. The van der Waals surface area contributed by atoms with Gasteiger partial charge in [0.05, 0.1) is 30.1 Å². The summed E-state index contributed by atoms with van der Waals surface area (Å²) in [5, 5.41) is 19.3. The van der Waals surface area contributed by atoms with Crippen LogP contribution < -0.4 is 5.73 Å². The van der Waals surface area contributed by atoms with Crippen LogP contribution >= 0.6 is 0 Å². The van der Waals surface area contributed by atoms with Gasteiger partial charge in [-0.15, -0.1) is 5.10 Å². The summed E-state index contributed by atoms with van der Waals surface area (Å²) in [6, 6.07) is 10.00. The number of rotatable bonds is 6. The maximum absolute atomic E-state index is 13.3. The highest BCUT2D eigenvalue weighted by Gasteiger charge is 2.24. The highest BCUT2D eigenvalue weighted by atomic mass is 19.1. The maximum atomic E-state index is 13.3. The molecular formula is C22H21FN6O2. The average molecular weight is 420 g/mol. The molecule has 1 aromatic carbocycles. The molecule has 9 heteroatoms. The predicted molar refractivity (Wildman–Crippen MR) is 112 cm³/mol. The Morgan fingerprint density at radius 3 is 2.74 bits per heavy atom. The first-order chi connectivity index (χ1) is 14.8. The van der Waals surface area contributed by atoms with Crippen molar-refractivity contribution in [2.45, 2.75) is 32.4 Å². The summed E-state index contributed by atoms with van der Waals surface area (Å²) >= 11 is 0. The van der Waals surface area contributed by atoms with E-state index in [4.69, 9.17) is 5.73 Å². The number of pyridine rings is 2. The van der Waals surface area contributed by atoms with Crippen molar-refractivity contribution in [2.24, 2.45) is 5.73 Å². The standard InChI is InChI=1S/C22H21FN6O2/c1-3-22(2,31)20-12-29(28-27-20)11-13-4-6-15-16(17-7-5-14(23)10-25-17)9-19(21(24)30)26-18(15)8-13/h4-10,12,31H,3,11H2,1-2H3,(H2,24,30)/t22-/m1/s1. The fourth-order valence-electron chi connectivity index (χ4n) is 3.24. The Bertz CT molecular complexity index is 1270. The van der Waals surface area contributed by atoms with Gasteiger partial charge in [0.1, 0.15) is 22.8 Å². The lowest BCUT2D eigenvalue weighted by Gasteiger charge is -2.17. The number of amides is 1. The smallest absolute Gasteiger partial charge is 0.267 e. The van der Waals surface area contributed by atoms with E-state index in [9.17, 15) is 14.3 Å². The largest absolute Gasteiger partial charge is 0.384 e. The zero-order valence-corrected chi connectivity index (χ0v) is 17.1. The summed E-state index contributed by atoms with van der Waals surface area (Å²) in [5.74, 6) is -1.12. The van der Waals surface area contributed by atoms with Gasteiger partial charge in [-0.2, -0.15) is 0 Å². The Hall–Kier alpha value is -3.72. The number of carbonyl (C=O) groups excluding carboxylic acids is 1. The van der Waals surface area contributed by atoms with Crippen LogP contribution in [0.15, 0.2) is 48.8 Å². The number of fused-ring (bicyclic) bond motifs is 1. The van der Waals surface area contributed by atoms with Gasteiger partial charge in [0.2, 0.25) is 0 Å². The molecule has 0 saturated carbocycles. The zero-order valence-electron chi connectivity index (χ0n) is 17.1. The average Bonchev–Trinajstić information content (AvgIpc) is 3.22. The van der Waals surface area contributed by atoms with E-state index < -0.39 is 17.3 Å². The van der Waals surface area contributed by atoms with Crippen molar-refractivity contribution in [1.29, 1.82) is 0 Å². The van der Waals surface area contributed by atoms with Crippen molar-refractivity contribution in [3.8, 4) is 11.3 Å². The van der Waals surface area contributed by atoms with Gasteiger partial charge in [-0.05, 0) is 43.2 Å². The molecular weight excluding hydrogens is 399 g/mol. The van der Waals surface area contributed by atoms with E-state index in [2.05, 4.69) is 20.3 Å². The fraction of sp³-hybridized carbons (Fsp3) is 0.227.